The average molecular weight is 295 g/mol. The van der Waals surface area contributed by atoms with Crippen LogP contribution in [0.15, 0.2) is 24.3 Å². The van der Waals surface area contributed by atoms with Crippen molar-refractivity contribution in [3.05, 3.63) is 30.1 Å². The van der Waals surface area contributed by atoms with E-state index in [9.17, 15) is 9.18 Å². The summed E-state index contributed by atoms with van der Waals surface area (Å²) in [5.41, 5.74) is 0. The summed E-state index contributed by atoms with van der Waals surface area (Å²) in [7, 11) is 0. The molecule has 2 atom stereocenters. The van der Waals surface area contributed by atoms with Gasteiger partial charge in [0.1, 0.15) is 11.6 Å². The van der Waals surface area contributed by atoms with E-state index in [0.29, 0.717) is 24.8 Å². The number of ether oxygens (including phenoxy) is 1. The van der Waals surface area contributed by atoms with Crippen molar-refractivity contribution >= 4 is 5.97 Å². The van der Waals surface area contributed by atoms with Crippen LogP contribution in [0.5, 0.6) is 5.75 Å². The maximum atomic E-state index is 12.7. The smallest absolute Gasteiger partial charge is 0.306 e. The molecule has 1 aromatic carbocycles. The molecular formula is C16H22FNO3. The van der Waals surface area contributed by atoms with Crippen molar-refractivity contribution in [3.63, 3.8) is 0 Å². The zero-order valence-electron chi connectivity index (χ0n) is 12.3. The van der Waals surface area contributed by atoms with Crippen molar-refractivity contribution in [1.29, 1.82) is 0 Å². The predicted octanol–water partition coefficient (Wildman–Crippen LogP) is 2.78. The van der Waals surface area contributed by atoms with Crippen LogP contribution in [-0.4, -0.2) is 41.7 Å². The Morgan fingerprint density at radius 2 is 2.14 bits per heavy atom. The standard InChI is InChI=1S/C16H22FNO3/c1-12-11-13(16(19)20)7-9-18(12)8-2-10-21-15-5-3-14(17)4-6-15/h3-6,12-13H,2,7-11H2,1H3,(H,19,20). The van der Waals surface area contributed by atoms with Gasteiger partial charge in [0.25, 0.3) is 0 Å². The molecule has 21 heavy (non-hydrogen) atoms. The largest absolute Gasteiger partial charge is 0.494 e. The third kappa shape index (κ3) is 4.70. The summed E-state index contributed by atoms with van der Waals surface area (Å²) in [6, 6.07) is 6.31. The average Bonchev–Trinajstić information content (AvgIpc) is 2.46. The first-order chi connectivity index (χ1) is 10.1. The monoisotopic (exact) mass is 295 g/mol. The van der Waals surface area contributed by atoms with Gasteiger partial charge in [-0.2, -0.15) is 0 Å². The molecule has 1 aromatic rings. The van der Waals surface area contributed by atoms with Crippen LogP contribution < -0.4 is 4.74 Å². The summed E-state index contributed by atoms with van der Waals surface area (Å²) in [6.45, 7) is 4.39. The van der Waals surface area contributed by atoms with E-state index in [1.54, 1.807) is 12.1 Å². The summed E-state index contributed by atoms with van der Waals surface area (Å²) in [5.74, 6) is -0.473. The molecule has 1 heterocycles. The van der Waals surface area contributed by atoms with E-state index < -0.39 is 5.97 Å². The molecule has 1 fully saturated rings. The molecule has 1 saturated heterocycles. The van der Waals surface area contributed by atoms with Crippen molar-refractivity contribution in [2.75, 3.05) is 19.7 Å². The highest BCUT2D eigenvalue weighted by atomic mass is 19.1. The fraction of sp³-hybridized carbons (Fsp3) is 0.562. The fourth-order valence-electron chi connectivity index (χ4n) is 2.77. The maximum Gasteiger partial charge on any atom is 0.306 e. The van der Waals surface area contributed by atoms with Gasteiger partial charge in [0.15, 0.2) is 0 Å². The van der Waals surface area contributed by atoms with Gasteiger partial charge in [-0.25, -0.2) is 4.39 Å². The number of nitrogens with zero attached hydrogens (tertiary/aromatic N) is 1. The van der Waals surface area contributed by atoms with Crippen LogP contribution in [0, 0.1) is 11.7 Å². The van der Waals surface area contributed by atoms with E-state index in [0.717, 1.165) is 25.9 Å². The van der Waals surface area contributed by atoms with Crippen LogP contribution in [0.25, 0.3) is 0 Å². The van der Waals surface area contributed by atoms with Crippen LogP contribution in [0.3, 0.4) is 0 Å². The lowest BCUT2D eigenvalue weighted by Crippen LogP contribution is -2.43. The van der Waals surface area contributed by atoms with E-state index in [-0.39, 0.29) is 11.7 Å². The molecule has 1 aliphatic heterocycles. The summed E-state index contributed by atoms with van der Waals surface area (Å²) in [6.07, 6.45) is 2.31. The number of likely N-dealkylation sites (tertiary alicyclic amines) is 1. The molecule has 2 rings (SSSR count). The minimum atomic E-state index is -0.679. The van der Waals surface area contributed by atoms with Crippen LogP contribution in [0.4, 0.5) is 4.39 Å². The van der Waals surface area contributed by atoms with Crippen LogP contribution in [0.2, 0.25) is 0 Å². The number of rotatable bonds is 6. The summed E-state index contributed by atoms with van der Waals surface area (Å²) in [5, 5.41) is 9.04. The van der Waals surface area contributed by atoms with Gasteiger partial charge in [0.05, 0.1) is 12.5 Å². The highest BCUT2D eigenvalue weighted by molar-refractivity contribution is 5.70. The Morgan fingerprint density at radius 1 is 1.43 bits per heavy atom. The number of halogens is 1. The Morgan fingerprint density at radius 3 is 2.76 bits per heavy atom. The fourth-order valence-corrected chi connectivity index (χ4v) is 2.77. The normalized spacial score (nSPS) is 23.0. The number of piperidine rings is 1. The lowest BCUT2D eigenvalue weighted by Gasteiger charge is -2.36. The van der Waals surface area contributed by atoms with Crippen molar-refractivity contribution in [2.24, 2.45) is 5.92 Å². The number of carbonyl (C=O) groups is 1. The van der Waals surface area contributed by atoms with Gasteiger partial charge in [0, 0.05) is 12.6 Å². The molecule has 0 bridgehead atoms. The van der Waals surface area contributed by atoms with Crippen LogP contribution >= 0.6 is 0 Å². The number of benzene rings is 1. The molecule has 0 radical (unpaired) electrons. The number of hydrogen-bond acceptors (Lipinski definition) is 3. The first kappa shape index (κ1) is 15.8. The molecule has 0 aromatic heterocycles. The topological polar surface area (TPSA) is 49.8 Å². The van der Waals surface area contributed by atoms with E-state index in [1.165, 1.54) is 12.1 Å². The molecule has 5 heteroatoms. The molecule has 0 aliphatic carbocycles. The first-order valence-electron chi connectivity index (χ1n) is 7.41. The third-order valence-electron chi connectivity index (χ3n) is 4.04. The minimum Gasteiger partial charge on any atom is -0.494 e. The third-order valence-corrected chi connectivity index (χ3v) is 4.04. The van der Waals surface area contributed by atoms with Crippen molar-refractivity contribution in [1.82, 2.24) is 4.90 Å². The number of carboxylic acid groups (broad SMARTS) is 1. The molecule has 0 saturated carbocycles. The molecular weight excluding hydrogens is 273 g/mol. The van der Waals surface area contributed by atoms with Gasteiger partial charge in [-0.3, -0.25) is 4.79 Å². The van der Waals surface area contributed by atoms with E-state index in [4.69, 9.17) is 9.84 Å². The zero-order chi connectivity index (χ0) is 15.2. The second-order valence-corrected chi connectivity index (χ2v) is 5.60. The van der Waals surface area contributed by atoms with Crippen molar-refractivity contribution < 1.29 is 19.0 Å². The molecule has 0 spiro atoms. The molecule has 2 unspecified atom stereocenters. The zero-order valence-corrected chi connectivity index (χ0v) is 12.3. The Hall–Kier alpha value is -1.62. The van der Waals surface area contributed by atoms with Gasteiger partial charge in [-0.05, 0) is 57.0 Å². The summed E-state index contributed by atoms with van der Waals surface area (Å²) >= 11 is 0. The molecule has 1 aliphatic rings. The molecule has 1 N–H and O–H groups in total. The number of carboxylic acids is 1. The molecule has 116 valence electrons. The number of hydrogen-bond donors (Lipinski definition) is 1. The highest BCUT2D eigenvalue weighted by Gasteiger charge is 2.29. The Balaban J connectivity index is 1.67. The second kappa shape index (κ2) is 7.41. The van der Waals surface area contributed by atoms with Gasteiger partial charge in [-0.1, -0.05) is 0 Å². The summed E-state index contributed by atoms with van der Waals surface area (Å²) in [4.78, 5) is 13.3. The van der Waals surface area contributed by atoms with Gasteiger partial charge >= 0.3 is 5.97 Å². The van der Waals surface area contributed by atoms with E-state index in [2.05, 4.69) is 11.8 Å². The van der Waals surface area contributed by atoms with Gasteiger partial charge < -0.3 is 14.7 Å². The Bertz CT molecular complexity index is 463. The van der Waals surface area contributed by atoms with Gasteiger partial charge in [-0.15, -0.1) is 0 Å². The molecule has 4 nitrogen and oxygen atoms in total. The second-order valence-electron chi connectivity index (χ2n) is 5.60. The van der Waals surface area contributed by atoms with Crippen molar-refractivity contribution in [3.8, 4) is 5.75 Å². The lowest BCUT2D eigenvalue weighted by molar-refractivity contribution is -0.144. The SMILES string of the molecule is CC1CC(C(=O)O)CCN1CCCOc1ccc(F)cc1. The van der Waals surface area contributed by atoms with Crippen LogP contribution in [0.1, 0.15) is 26.2 Å². The summed E-state index contributed by atoms with van der Waals surface area (Å²) < 4.78 is 18.3. The minimum absolute atomic E-state index is 0.202. The number of aliphatic carboxylic acids is 1. The van der Waals surface area contributed by atoms with Crippen molar-refractivity contribution in [2.45, 2.75) is 32.2 Å². The lowest BCUT2D eigenvalue weighted by atomic mass is 9.92. The van der Waals surface area contributed by atoms with Gasteiger partial charge in [0.2, 0.25) is 0 Å². The van der Waals surface area contributed by atoms with Crippen LogP contribution in [-0.2, 0) is 4.79 Å². The first-order valence-corrected chi connectivity index (χ1v) is 7.41. The maximum absolute atomic E-state index is 12.7. The Kier molecular flexibility index (Phi) is 5.56. The highest BCUT2D eigenvalue weighted by Crippen LogP contribution is 2.23. The van der Waals surface area contributed by atoms with E-state index >= 15 is 0 Å². The quantitative estimate of drug-likeness (QED) is 0.820. The Labute approximate surface area is 124 Å². The predicted molar refractivity (Wildman–Crippen MR) is 77.9 cm³/mol. The molecule has 0 amide bonds. The van der Waals surface area contributed by atoms with E-state index in [1.807, 2.05) is 0 Å².